The van der Waals surface area contributed by atoms with Crippen LogP contribution in [-0.2, 0) is 9.53 Å². The minimum atomic E-state index is -0.463. The third kappa shape index (κ3) is 4.42. The molecule has 5 heteroatoms. The number of nitrogens with zero attached hydrogens (tertiary/aromatic N) is 1. The lowest BCUT2D eigenvalue weighted by Gasteiger charge is -2.11. The molecule has 1 aliphatic heterocycles. The van der Waals surface area contributed by atoms with E-state index in [2.05, 4.69) is 18.8 Å². The Kier molecular flexibility index (Phi) is 6.14. The summed E-state index contributed by atoms with van der Waals surface area (Å²) < 4.78 is 16.6. The molecule has 1 aliphatic rings. The summed E-state index contributed by atoms with van der Waals surface area (Å²) in [4.78, 5) is 16.6. The molecule has 3 rings (SSSR count). The quantitative estimate of drug-likeness (QED) is 0.504. The largest absolute Gasteiger partial charge is 0.490 e. The van der Waals surface area contributed by atoms with Gasteiger partial charge in [-0.05, 0) is 61.2 Å². The Morgan fingerprint density at radius 2 is 1.68 bits per heavy atom. The molecule has 1 heterocycles. The van der Waals surface area contributed by atoms with Gasteiger partial charge in [0.2, 0.25) is 5.90 Å². The topological polar surface area (TPSA) is 57.1 Å². The molecule has 2 aromatic carbocycles. The summed E-state index contributed by atoms with van der Waals surface area (Å²) in [5.41, 5.74) is 3.05. The molecule has 146 valence electrons. The van der Waals surface area contributed by atoms with E-state index in [-0.39, 0.29) is 5.70 Å². The molecular weight excluding hydrogens is 354 g/mol. The van der Waals surface area contributed by atoms with Gasteiger partial charge in [-0.3, -0.25) is 0 Å². The van der Waals surface area contributed by atoms with Crippen molar-refractivity contribution in [2.75, 3.05) is 13.2 Å². The van der Waals surface area contributed by atoms with Gasteiger partial charge in [-0.2, -0.15) is 0 Å². The maximum Gasteiger partial charge on any atom is 0.363 e. The Hall–Kier alpha value is -3.08. The van der Waals surface area contributed by atoms with Crippen molar-refractivity contribution in [1.82, 2.24) is 0 Å². The van der Waals surface area contributed by atoms with E-state index in [1.165, 1.54) is 5.56 Å². The molecule has 28 heavy (non-hydrogen) atoms. The van der Waals surface area contributed by atoms with Gasteiger partial charge in [0.05, 0.1) is 13.2 Å². The number of esters is 1. The van der Waals surface area contributed by atoms with Crippen LogP contribution in [0.4, 0.5) is 0 Å². The van der Waals surface area contributed by atoms with Gasteiger partial charge in [0.1, 0.15) is 0 Å². The molecule has 0 aromatic heterocycles. The van der Waals surface area contributed by atoms with E-state index in [9.17, 15) is 4.79 Å². The highest BCUT2D eigenvalue weighted by atomic mass is 16.6. The molecule has 0 bridgehead atoms. The van der Waals surface area contributed by atoms with E-state index in [1.807, 2.05) is 56.3 Å². The predicted molar refractivity (Wildman–Crippen MR) is 110 cm³/mol. The number of carbonyl (C=O) groups is 1. The summed E-state index contributed by atoms with van der Waals surface area (Å²) in [6.07, 6.45) is 1.69. The van der Waals surface area contributed by atoms with Gasteiger partial charge in [0.25, 0.3) is 0 Å². The highest BCUT2D eigenvalue weighted by molar-refractivity contribution is 6.12. The number of hydrogen-bond donors (Lipinski definition) is 0. The van der Waals surface area contributed by atoms with E-state index in [1.54, 1.807) is 6.08 Å². The van der Waals surface area contributed by atoms with Crippen molar-refractivity contribution in [1.29, 1.82) is 0 Å². The normalized spacial score (nSPS) is 15.0. The zero-order valence-corrected chi connectivity index (χ0v) is 16.7. The first-order chi connectivity index (χ1) is 13.5. The van der Waals surface area contributed by atoms with Crippen molar-refractivity contribution >= 4 is 17.9 Å². The average molecular weight is 379 g/mol. The zero-order chi connectivity index (χ0) is 20.1. The van der Waals surface area contributed by atoms with E-state index < -0.39 is 5.97 Å². The summed E-state index contributed by atoms with van der Waals surface area (Å²) >= 11 is 0. The van der Waals surface area contributed by atoms with Gasteiger partial charge >= 0.3 is 5.97 Å². The molecular formula is C23H25NO4. The zero-order valence-electron chi connectivity index (χ0n) is 16.7. The SMILES string of the molecule is CCOc1ccc(/C=C2\N=C(c3ccc(C(C)C)cc3)OC2=O)cc1OCC. The van der Waals surface area contributed by atoms with E-state index in [0.29, 0.717) is 36.5 Å². The number of benzene rings is 2. The maximum atomic E-state index is 12.3. The summed E-state index contributed by atoms with van der Waals surface area (Å²) in [7, 11) is 0. The van der Waals surface area contributed by atoms with E-state index in [4.69, 9.17) is 14.2 Å². The molecule has 0 saturated heterocycles. The molecule has 0 atom stereocenters. The lowest BCUT2D eigenvalue weighted by atomic mass is 10.0. The van der Waals surface area contributed by atoms with Crippen molar-refractivity contribution < 1.29 is 19.0 Å². The van der Waals surface area contributed by atoms with Crippen LogP contribution in [0.3, 0.4) is 0 Å². The van der Waals surface area contributed by atoms with Crippen LogP contribution >= 0.6 is 0 Å². The Balaban J connectivity index is 1.87. The van der Waals surface area contributed by atoms with Gasteiger partial charge in [0, 0.05) is 5.56 Å². The van der Waals surface area contributed by atoms with E-state index in [0.717, 1.165) is 11.1 Å². The predicted octanol–water partition coefficient (Wildman–Crippen LogP) is 4.95. The second kappa shape index (κ2) is 8.74. The van der Waals surface area contributed by atoms with Gasteiger partial charge in [-0.1, -0.05) is 32.0 Å². The van der Waals surface area contributed by atoms with Crippen molar-refractivity contribution in [3.8, 4) is 11.5 Å². The van der Waals surface area contributed by atoms with Crippen LogP contribution in [0.5, 0.6) is 11.5 Å². The minimum Gasteiger partial charge on any atom is -0.490 e. The lowest BCUT2D eigenvalue weighted by molar-refractivity contribution is -0.129. The van der Waals surface area contributed by atoms with Crippen LogP contribution in [0.15, 0.2) is 53.2 Å². The Labute approximate surface area is 165 Å². The summed E-state index contributed by atoms with van der Waals surface area (Å²) in [6.45, 7) is 9.18. The molecule has 0 aliphatic carbocycles. The third-order valence-corrected chi connectivity index (χ3v) is 4.32. The fraction of sp³-hybridized carbons (Fsp3) is 0.304. The molecule has 0 N–H and O–H groups in total. The Morgan fingerprint density at radius 1 is 1.00 bits per heavy atom. The molecule has 2 aromatic rings. The number of rotatable bonds is 7. The van der Waals surface area contributed by atoms with Crippen LogP contribution in [-0.4, -0.2) is 25.1 Å². The van der Waals surface area contributed by atoms with Gasteiger partial charge in [-0.25, -0.2) is 9.79 Å². The molecule has 0 radical (unpaired) electrons. The number of aliphatic imine (C=N–C) groups is 1. The number of hydrogen-bond acceptors (Lipinski definition) is 5. The van der Waals surface area contributed by atoms with Crippen LogP contribution in [0.25, 0.3) is 6.08 Å². The number of ether oxygens (including phenoxy) is 3. The second-order valence-electron chi connectivity index (χ2n) is 6.68. The molecule has 0 saturated carbocycles. The molecule has 5 nitrogen and oxygen atoms in total. The standard InChI is InChI=1S/C23H25NO4/c1-5-26-20-12-7-16(14-21(20)27-6-2)13-19-23(25)28-22(24-19)18-10-8-17(9-11-18)15(3)4/h7-15H,5-6H2,1-4H3/b19-13-. The smallest absolute Gasteiger partial charge is 0.363 e. The molecule has 0 fully saturated rings. The maximum absolute atomic E-state index is 12.3. The third-order valence-electron chi connectivity index (χ3n) is 4.32. The van der Waals surface area contributed by atoms with Crippen molar-refractivity contribution in [3.05, 3.63) is 64.9 Å². The Bertz CT molecular complexity index is 911. The summed E-state index contributed by atoms with van der Waals surface area (Å²) in [5.74, 6) is 1.61. The van der Waals surface area contributed by atoms with Crippen molar-refractivity contribution in [3.63, 3.8) is 0 Å². The fourth-order valence-corrected chi connectivity index (χ4v) is 2.86. The van der Waals surface area contributed by atoms with Crippen LogP contribution in [0, 0.1) is 0 Å². The van der Waals surface area contributed by atoms with Gasteiger partial charge in [0.15, 0.2) is 17.2 Å². The monoisotopic (exact) mass is 379 g/mol. The van der Waals surface area contributed by atoms with Crippen LogP contribution in [0.2, 0.25) is 0 Å². The molecule has 0 spiro atoms. The van der Waals surface area contributed by atoms with Gasteiger partial charge in [-0.15, -0.1) is 0 Å². The Morgan fingerprint density at radius 3 is 2.32 bits per heavy atom. The van der Waals surface area contributed by atoms with Crippen molar-refractivity contribution in [2.45, 2.75) is 33.6 Å². The van der Waals surface area contributed by atoms with Gasteiger partial charge < -0.3 is 14.2 Å². The van der Waals surface area contributed by atoms with E-state index >= 15 is 0 Å². The van der Waals surface area contributed by atoms with Crippen molar-refractivity contribution in [2.24, 2.45) is 4.99 Å². The number of cyclic esters (lactones) is 1. The second-order valence-corrected chi connectivity index (χ2v) is 6.68. The summed E-state index contributed by atoms with van der Waals surface area (Å²) in [5, 5.41) is 0. The van der Waals surface area contributed by atoms with Crippen LogP contribution < -0.4 is 9.47 Å². The average Bonchev–Trinajstić information content (AvgIpc) is 3.05. The first-order valence-corrected chi connectivity index (χ1v) is 9.54. The highest BCUT2D eigenvalue weighted by Crippen LogP contribution is 2.30. The minimum absolute atomic E-state index is 0.259. The lowest BCUT2D eigenvalue weighted by Crippen LogP contribution is -2.05. The van der Waals surface area contributed by atoms with Crippen LogP contribution in [0.1, 0.15) is 50.3 Å². The first-order valence-electron chi connectivity index (χ1n) is 9.54. The number of carbonyl (C=O) groups excluding carboxylic acids is 1. The molecule has 0 unspecified atom stereocenters. The summed E-state index contributed by atoms with van der Waals surface area (Å²) in [6, 6.07) is 13.4. The first kappa shape index (κ1) is 19.7. The molecule has 0 amide bonds. The highest BCUT2D eigenvalue weighted by Gasteiger charge is 2.24. The fourth-order valence-electron chi connectivity index (χ4n) is 2.86.